The van der Waals surface area contributed by atoms with Gasteiger partial charge in [-0.2, -0.15) is 8.75 Å². The van der Waals surface area contributed by atoms with Crippen LogP contribution in [0.4, 0.5) is 0 Å². The van der Waals surface area contributed by atoms with Crippen LogP contribution in [0.1, 0.15) is 25.1 Å². The Kier molecular flexibility index (Phi) is 4.27. The summed E-state index contributed by atoms with van der Waals surface area (Å²) in [4.78, 5) is 0. The lowest BCUT2D eigenvalue weighted by atomic mass is 9.99. The molecule has 0 aliphatic heterocycles. The van der Waals surface area contributed by atoms with Crippen molar-refractivity contribution in [3.63, 3.8) is 0 Å². The summed E-state index contributed by atoms with van der Waals surface area (Å²) >= 11 is 1.12. The van der Waals surface area contributed by atoms with Crippen LogP contribution in [0.3, 0.4) is 0 Å². The first kappa shape index (κ1) is 10.6. The summed E-state index contributed by atoms with van der Waals surface area (Å²) in [7, 11) is 1.66. The van der Waals surface area contributed by atoms with Crippen LogP contribution in [0.25, 0.3) is 0 Å². The lowest BCUT2D eigenvalue weighted by Gasteiger charge is -2.15. The number of aromatic nitrogens is 2. The molecule has 2 unspecified atom stereocenters. The van der Waals surface area contributed by atoms with E-state index in [0.717, 1.165) is 18.1 Å². The third kappa shape index (κ3) is 3.02. The fraction of sp³-hybridized carbons (Fsp3) is 0.750. The van der Waals surface area contributed by atoms with E-state index in [1.807, 2.05) is 6.92 Å². The highest BCUT2D eigenvalue weighted by atomic mass is 32.1. The van der Waals surface area contributed by atoms with E-state index >= 15 is 0 Å². The maximum Gasteiger partial charge on any atom is 0.103 e. The van der Waals surface area contributed by atoms with Crippen LogP contribution in [0.15, 0.2) is 6.20 Å². The maximum atomic E-state index is 9.75. The molecular formula is C8H14N2O2S. The summed E-state index contributed by atoms with van der Waals surface area (Å²) in [5, 5.41) is 9.75. The van der Waals surface area contributed by atoms with Gasteiger partial charge in [0, 0.05) is 13.7 Å². The SMILES string of the molecule is COCCC(C)C(O)c1cnsn1. The molecule has 0 bridgehead atoms. The Morgan fingerprint density at radius 3 is 3.00 bits per heavy atom. The zero-order valence-electron chi connectivity index (χ0n) is 7.80. The van der Waals surface area contributed by atoms with E-state index in [1.165, 1.54) is 0 Å². The molecule has 13 heavy (non-hydrogen) atoms. The average Bonchev–Trinajstić information content (AvgIpc) is 2.65. The maximum absolute atomic E-state index is 9.75. The van der Waals surface area contributed by atoms with Gasteiger partial charge >= 0.3 is 0 Å². The van der Waals surface area contributed by atoms with Crippen molar-refractivity contribution >= 4 is 11.7 Å². The van der Waals surface area contributed by atoms with Crippen molar-refractivity contribution in [1.82, 2.24) is 8.75 Å². The highest BCUT2D eigenvalue weighted by molar-refractivity contribution is 6.99. The molecule has 74 valence electrons. The van der Waals surface area contributed by atoms with E-state index in [9.17, 15) is 5.11 Å². The third-order valence-electron chi connectivity index (χ3n) is 2.00. The van der Waals surface area contributed by atoms with Gasteiger partial charge in [-0.25, -0.2) is 0 Å². The molecule has 2 atom stereocenters. The smallest absolute Gasteiger partial charge is 0.103 e. The second-order valence-electron chi connectivity index (χ2n) is 3.04. The van der Waals surface area contributed by atoms with E-state index in [2.05, 4.69) is 8.75 Å². The molecule has 0 radical (unpaired) electrons. The Labute approximate surface area is 81.9 Å². The van der Waals surface area contributed by atoms with Crippen molar-refractivity contribution in [2.75, 3.05) is 13.7 Å². The minimum atomic E-state index is -0.520. The minimum Gasteiger partial charge on any atom is -0.386 e. The fourth-order valence-electron chi connectivity index (χ4n) is 1.06. The van der Waals surface area contributed by atoms with Crippen LogP contribution < -0.4 is 0 Å². The molecule has 0 spiro atoms. The van der Waals surface area contributed by atoms with Gasteiger partial charge in [0.2, 0.25) is 0 Å². The van der Waals surface area contributed by atoms with Crippen LogP contribution >= 0.6 is 11.7 Å². The molecule has 1 rings (SSSR count). The van der Waals surface area contributed by atoms with Crippen LogP contribution in [-0.2, 0) is 4.74 Å². The molecule has 0 saturated carbocycles. The molecule has 1 aromatic heterocycles. The van der Waals surface area contributed by atoms with Gasteiger partial charge in [-0.1, -0.05) is 6.92 Å². The molecule has 0 fully saturated rings. The standard InChI is InChI=1S/C8H14N2O2S/c1-6(3-4-12-2)8(11)7-5-9-13-10-7/h5-6,8,11H,3-4H2,1-2H3. The molecule has 0 aliphatic carbocycles. The van der Waals surface area contributed by atoms with Gasteiger partial charge in [-0.05, 0) is 12.3 Å². The van der Waals surface area contributed by atoms with Crippen molar-refractivity contribution in [2.24, 2.45) is 5.92 Å². The Hall–Kier alpha value is -0.520. The third-order valence-corrected chi connectivity index (χ3v) is 2.49. The molecule has 1 heterocycles. The van der Waals surface area contributed by atoms with E-state index in [-0.39, 0.29) is 5.92 Å². The molecule has 5 heteroatoms. The molecule has 1 N–H and O–H groups in total. The van der Waals surface area contributed by atoms with Crippen molar-refractivity contribution in [1.29, 1.82) is 0 Å². The van der Waals surface area contributed by atoms with Crippen LogP contribution in [0.2, 0.25) is 0 Å². The van der Waals surface area contributed by atoms with Gasteiger partial charge in [-0.15, -0.1) is 0 Å². The number of aliphatic hydroxyl groups is 1. The lowest BCUT2D eigenvalue weighted by Crippen LogP contribution is -2.11. The van der Waals surface area contributed by atoms with Crippen molar-refractivity contribution in [3.8, 4) is 0 Å². The number of rotatable bonds is 5. The Bertz CT molecular complexity index is 228. The van der Waals surface area contributed by atoms with E-state index in [4.69, 9.17) is 4.74 Å². The van der Waals surface area contributed by atoms with Gasteiger partial charge in [0.05, 0.1) is 17.9 Å². The van der Waals surface area contributed by atoms with E-state index < -0.39 is 6.10 Å². The number of hydrogen-bond acceptors (Lipinski definition) is 5. The summed E-state index contributed by atoms with van der Waals surface area (Å²) in [6.45, 7) is 2.64. The first-order valence-corrected chi connectivity index (χ1v) is 4.93. The van der Waals surface area contributed by atoms with Gasteiger partial charge in [0.15, 0.2) is 0 Å². The molecular weight excluding hydrogens is 188 g/mol. The van der Waals surface area contributed by atoms with E-state index in [0.29, 0.717) is 12.3 Å². The Morgan fingerprint density at radius 1 is 1.69 bits per heavy atom. The first-order chi connectivity index (χ1) is 6.25. The summed E-state index contributed by atoms with van der Waals surface area (Å²) in [6, 6.07) is 0. The molecule has 0 amide bonds. The zero-order chi connectivity index (χ0) is 9.68. The predicted octanol–water partition coefficient (Wildman–Crippen LogP) is 1.24. The number of aliphatic hydroxyl groups excluding tert-OH is 1. The van der Waals surface area contributed by atoms with Crippen molar-refractivity contribution < 1.29 is 9.84 Å². The van der Waals surface area contributed by atoms with Gasteiger partial charge in [0.25, 0.3) is 0 Å². The van der Waals surface area contributed by atoms with Crippen molar-refractivity contribution in [2.45, 2.75) is 19.4 Å². The number of nitrogens with zero attached hydrogens (tertiary/aromatic N) is 2. The molecule has 0 aromatic carbocycles. The van der Waals surface area contributed by atoms with Crippen LogP contribution in [0, 0.1) is 5.92 Å². The van der Waals surface area contributed by atoms with Gasteiger partial charge < -0.3 is 9.84 Å². The van der Waals surface area contributed by atoms with Gasteiger partial charge in [-0.3, -0.25) is 0 Å². The molecule has 0 saturated heterocycles. The van der Waals surface area contributed by atoms with Crippen LogP contribution in [0.5, 0.6) is 0 Å². The predicted molar refractivity (Wildman–Crippen MR) is 50.5 cm³/mol. The fourth-order valence-corrected chi connectivity index (χ4v) is 1.51. The monoisotopic (exact) mass is 202 g/mol. The largest absolute Gasteiger partial charge is 0.386 e. The summed E-state index contributed by atoms with van der Waals surface area (Å²) < 4.78 is 12.8. The molecule has 1 aromatic rings. The molecule has 4 nitrogen and oxygen atoms in total. The average molecular weight is 202 g/mol. The number of hydrogen-bond donors (Lipinski definition) is 1. The summed E-state index contributed by atoms with van der Waals surface area (Å²) in [6.07, 6.45) is 1.92. The number of methoxy groups -OCH3 is 1. The van der Waals surface area contributed by atoms with E-state index in [1.54, 1.807) is 13.3 Å². The topological polar surface area (TPSA) is 55.2 Å². The highest BCUT2D eigenvalue weighted by Gasteiger charge is 2.18. The normalized spacial score (nSPS) is 15.6. The Balaban J connectivity index is 2.43. The quantitative estimate of drug-likeness (QED) is 0.780. The highest BCUT2D eigenvalue weighted by Crippen LogP contribution is 2.22. The first-order valence-electron chi connectivity index (χ1n) is 4.20. The zero-order valence-corrected chi connectivity index (χ0v) is 8.62. The second-order valence-corrected chi connectivity index (χ2v) is 3.59. The molecule has 0 aliphatic rings. The second kappa shape index (κ2) is 5.26. The number of ether oxygens (including phenoxy) is 1. The summed E-state index contributed by atoms with van der Waals surface area (Å²) in [5.41, 5.74) is 0.661. The minimum absolute atomic E-state index is 0.156. The summed E-state index contributed by atoms with van der Waals surface area (Å²) in [5.74, 6) is 0.156. The lowest BCUT2D eigenvalue weighted by molar-refractivity contribution is 0.0861. The van der Waals surface area contributed by atoms with Crippen molar-refractivity contribution in [3.05, 3.63) is 11.9 Å². The van der Waals surface area contributed by atoms with Gasteiger partial charge in [0.1, 0.15) is 11.8 Å². The van der Waals surface area contributed by atoms with Crippen LogP contribution in [-0.4, -0.2) is 27.6 Å². The Morgan fingerprint density at radius 2 is 2.46 bits per heavy atom.